The number of hydrogen-bond acceptors (Lipinski definition) is 3. The lowest BCUT2D eigenvalue weighted by molar-refractivity contribution is -0.138. The van der Waals surface area contributed by atoms with Crippen LogP contribution in [0.5, 0.6) is 0 Å². The standard InChI is InChI=1S/C10H19NO2S/c11-9(10(12)13)5-6-14-7-8-3-1-2-4-8/h8-9H,1-7,11H2,(H,12,13)/t9-/m0/s1. The highest BCUT2D eigenvalue weighted by Gasteiger charge is 2.15. The fourth-order valence-corrected chi connectivity index (χ4v) is 3.01. The Morgan fingerprint density at radius 2 is 2.14 bits per heavy atom. The quantitative estimate of drug-likeness (QED) is 0.665. The number of carboxylic acids is 1. The number of thioether (sulfide) groups is 1. The molecule has 0 heterocycles. The van der Waals surface area contributed by atoms with Crippen molar-refractivity contribution < 1.29 is 9.90 Å². The molecule has 1 saturated carbocycles. The minimum absolute atomic E-state index is 0.590. The molecule has 1 aliphatic rings. The van der Waals surface area contributed by atoms with Gasteiger partial charge in [-0.05, 0) is 36.7 Å². The van der Waals surface area contributed by atoms with Crippen molar-refractivity contribution in [2.45, 2.75) is 38.1 Å². The Hall–Kier alpha value is -0.220. The molecule has 1 atom stereocenters. The minimum atomic E-state index is -0.883. The Balaban J connectivity index is 1.95. The van der Waals surface area contributed by atoms with Crippen LogP contribution in [0.1, 0.15) is 32.1 Å². The van der Waals surface area contributed by atoms with E-state index in [9.17, 15) is 4.79 Å². The largest absolute Gasteiger partial charge is 0.480 e. The molecular formula is C10H19NO2S. The predicted molar refractivity (Wildman–Crippen MR) is 59.5 cm³/mol. The molecule has 0 aromatic rings. The molecule has 82 valence electrons. The summed E-state index contributed by atoms with van der Waals surface area (Å²) in [5.74, 6) is 2.06. The van der Waals surface area contributed by atoms with Gasteiger partial charge in [0.25, 0.3) is 0 Å². The summed E-state index contributed by atoms with van der Waals surface area (Å²) in [5, 5.41) is 8.56. The van der Waals surface area contributed by atoms with Crippen LogP contribution < -0.4 is 5.73 Å². The summed E-state index contributed by atoms with van der Waals surface area (Å²) < 4.78 is 0. The van der Waals surface area contributed by atoms with Crippen LogP contribution >= 0.6 is 11.8 Å². The summed E-state index contributed by atoms with van der Waals surface area (Å²) in [6.45, 7) is 0. The first-order valence-electron chi connectivity index (χ1n) is 5.26. The second-order valence-corrected chi connectivity index (χ2v) is 5.11. The van der Waals surface area contributed by atoms with E-state index in [-0.39, 0.29) is 0 Å². The third-order valence-electron chi connectivity index (χ3n) is 2.72. The van der Waals surface area contributed by atoms with E-state index in [1.54, 1.807) is 0 Å². The van der Waals surface area contributed by atoms with Crippen molar-refractivity contribution in [3.05, 3.63) is 0 Å². The first-order chi connectivity index (χ1) is 6.70. The minimum Gasteiger partial charge on any atom is -0.480 e. The molecule has 0 amide bonds. The van der Waals surface area contributed by atoms with Gasteiger partial charge >= 0.3 is 5.97 Å². The van der Waals surface area contributed by atoms with E-state index in [4.69, 9.17) is 10.8 Å². The topological polar surface area (TPSA) is 63.3 Å². The Labute approximate surface area is 89.4 Å². The van der Waals surface area contributed by atoms with E-state index in [0.29, 0.717) is 6.42 Å². The van der Waals surface area contributed by atoms with Gasteiger partial charge in [0, 0.05) is 0 Å². The Morgan fingerprint density at radius 1 is 1.50 bits per heavy atom. The van der Waals surface area contributed by atoms with Crippen LogP contribution in [-0.2, 0) is 4.79 Å². The van der Waals surface area contributed by atoms with Crippen molar-refractivity contribution in [3.63, 3.8) is 0 Å². The van der Waals surface area contributed by atoms with Gasteiger partial charge in [-0.1, -0.05) is 12.8 Å². The van der Waals surface area contributed by atoms with Crippen molar-refractivity contribution in [2.75, 3.05) is 11.5 Å². The van der Waals surface area contributed by atoms with Gasteiger partial charge in [-0.3, -0.25) is 4.79 Å². The molecule has 4 heteroatoms. The summed E-state index contributed by atoms with van der Waals surface area (Å²) in [4.78, 5) is 10.4. The lowest BCUT2D eigenvalue weighted by atomic mass is 10.1. The molecular weight excluding hydrogens is 198 g/mol. The fourth-order valence-electron chi connectivity index (χ4n) is 1.76. The van der Waals surface area contributed by atoms with Crippen LogP contribution in [0.3, 0.4) is 0 Å². The second kappa shape index (κ2) is 6.30. The van der Waals surface area contributed by atoms with Gasteiger partial charge in [0.15, 0.2) is 0 Å². The van der Waals surface area contributed by atoms with E-state index in [1.165, 1.54) is 31.4 Å². The maximum absolute atomic E-state index is 10.4. The molecule has 0 spiro atoms. The molecule has 0 aromatic heterocycles. The molecule has 0 aromatic carbocycles. The maximum atomic E-state index is 10.4. The lowest BCUT2D eigenvalue weighted by Gasteiger charge is -2.09. The number of rotatable bonds is 6. The highest BCUT2D eigenvalue weighted by atomic mass is 32.2. The van der Waals surface area contributed by atoms with Gasteiger partial charge in [-0.2, -0.15) is 11.8 Å². The molecule has 14 heavy (non-hydrogen) atoms. The van der Waals surface area contributed by atoms with Crippen molar-refractivity contribution in [1.82, 2.24) is 0 Å². The zero-order chi connectivity index (χ0) is 10.4. The maximum Gasteiger partial charge on any atom is 0.320 e. The zero-order valence-corrected chi connectivity index (χ0v) is 9.26. The summed E-state index contributed by atoms with van der Waals surface area (Å²) in [6, 6.07) is -0.675. The zero-order valence-electron chi connectivity index (χ0n) is 8.45. The van der Waals surface area contributed by atoms with Crippen molar-refractivity contribution in [2.24, 2.45) is 11.7 Å². The van der Waals surface area contributed by atoms with Crippen molar-refractivity contribution in [3.8, 4) is 0 Å². The summed E-state index contributed by atoms with van der Waals surface area (Å²) >= 11 is 1.85. The number of carbonyl (C=O) groups is 1. The summed E-state index contributed by atoms with van der Waals surface area (Å²) in [6.07, 6.45) is 6.06. The van der Waals surface area contributed by atoms with Gasteiger partial charge in [0.1, 0.15) is 6.04 Å². The lowest BCUT2D eigenvalue weighted by Crippen LogP contribution is -2.30. The van der Waals surface area contributed by atoms with E-state index >= 15 is 0 Å². The Kier molecular flexibility index (Phi) is 5.33. The van der Waals surface area contributed by atoms with Gasteiger partial charge in [-0.25, -0.2) is 0 Å². The molecule has 1 aliphatic carbocycles. The number of nitrogens with two attached hydrogens (primary N) is 1. The first-order valence-corrected chi connectivity index (χ1v) is 6.41. The normalized spacial score (nSPS) is 19.8. The average Bonchev–Trinajstić information content (AvgIpc) is 2.64. The van der Waals surface area contributed by atoms with Gasteiger partial charge in [-0.15, -0.1) is 0 Å². The highest BCUT2D eigenvalue weighted by molar-refractivity contribution is 7.99. The molecule has 3 N–H and O–H groups in total. The Morgan fingerprint density at radius 3 is 2.71 bits per heavy atom. The van der Waals surface area contributed by atoms with Crippen molar-refractivity contribution in [1.29, 1.82) is 0 Å². The van der Waals surface area contributed by atoms with Gasteiger partial charge < -0.3 is 10.8 Å². The van der Waals surface area contributed by atoms with Crippen molar-refractivity contribution >= 4 is 17.7 Å². The van der Waals surface area contributed by atoms with Crippen LogP contribution in [-0.4, -0.2) is 28.6 Å². The second-order valence-electron chi connectivity index (χ2n) is 3.96. The number of aliphatic carboxylic acids is 1. The van der Waals surface area contributed by atoms with Gasteiger partial charge in [0.2, 0.25) is 0 Å². The molecule has 0 radical (unpaired) electrons. The van der Waals surface area contributed by atoms with E-state index in [1.807, 2.05) is 11.8 Å². The summed E-state index contributed by atoms with van der Waals surface area (Å²) in [7, 11) is 0. The smallest absolute Gasteiger partial charge is 0.320 e. The Bertz CT molecular complexity index is 181. The van der Waals surface area contributed by atoms with Gasteiger partial charge in [0.05, 0.1) is 0 Å². The highest BCUT2D eigenvalue weighted by Crippen LogP contribution is 2.27. The van der Waals surface area contributed by atoms with Crippen LogP contribution in [0.25, 0.3) is 0 Å². The third-order valence-corrected chi connectivity index (χ3v) is 3.95. The molecule has 1 rings (SSSR count). The predicted octanol–water partition coefficient (Wildman–Crippen LogP) is 1.71. The molecule has 0 saturated heterocycles. The summed E-state index contributed by atoms with van der Waals surface area (Å²) in [5.41, 5.74) is 5.40. The molecule has 0 bridgehead atoms. The van der Waals surface area contributed by atoms with Crippen LogP contribution in [0.15, 0.2) is 0 Å². The monoisotopic (exact) mass is 217 g/mol. The van der Waals surface area contributed by atoms with E-state index < -0.39 is 12.0 Å². The van der Waals surface area contributed by atoms with E-state index in [0.717, 1.165) is 11.7 Å². The molecule has 0 aliphatic heterocycles. The first kappa shape index (κ1) is 11.9. The molecule has 1 fully saturated rings. The average molecular weight is 217 g/mol. The third kappa shape index (κ3) is 4.33. The van der Waals surface area contributed by atoms with Crippen LogP contribution in [0.2, 0.25) is 0 Å². The number of carboxylic acid groups (broad SMARTS) is 1. The van der Waals surface area contributed by atoms with Crippen LogP contribution in [0.4, 0.5) is 0 Å². The SMILES string of the molecule is N[C@@H](CCSCC1CCCC1)C(=O)O. The molecule has 0 unspecified atom stereocenters. The van der Waals surface area contributed by atoms with E-state index in [2.05, 4.69) is 0 Å². The number of hydrogen-bond donors (Lipinski definition) is 2. The fraction of sp³-hybridized carbons (Fsp3) is 0.900. The van der Waals surface area contributed by atoms with Crippen LogP contribution in [0, 0.1) is 5.92 Å². The molecule has 3 nitrogen and oxygen atoms in total.